The lowest BCUT2D eigenvalue weighted by Gasteiger charge is -2.44. The van der Waals surface area contributed by atoms with Gasteiger partial charge in [-0.05, 0) is 67.4 Å². The van der Waals surface area contributed by atoms with Gasteiger partial charge in [0.2, 0.25) is 10.0 Å². The van der Waals surface area contributed by atoms with Crippen LogP contribution >= 0.6 is 0 Å². The van der Waals surface area contributed by atoms with Gasteiger partial charge < -0.3 is 4.90 Å². The molecular weight excluding hydrogens is 534 g/mol. The fourth-order valence-electron chi connectivity index (χ4n) is 5.46. The predicted octanol–water partition coefficient (Wildman–Crippen LogP) is 5.19. The zero-order valence-corrected chi connectivity index (χ0v) is 23.0. The SMILES string of the molecule is CC1CN(Cc2cc(F)cc(F)c2)CC(C)N1C(=O)c1ccc(NS(=O)(=O)Cc2cccc3cccnc23)cc1. The van der Waals surface area contributed by atoms with Crippen LogP contribution in [-0.2, 0) is 22.3 Å². The molecule has 2 unspecified atom stereocenters. The quantitative estimate of drug-likeness (QED) is 0.334. The van der Waals surface area contributed by atoms with E-state index in [1.54, 1.807) is 53.6 Å². The van der Waals surface area contributed by atoms with Crippen LogP contribution in [0.1, 0.15) is 35.3 Å². The third kappa shape index (κ3) is 6.29. The summed E-state index contributed by atoms with van der Waals surface area (Å²) in [7, 11) is -3.73. The van der Waals surface area contributed by atoms with Crippen LogP contribution in [-0.4, -0.2) is 54.3 Å². The van der Waals surface area contributed by atoms with Crippen LogP contribution in [0.2, 0.25) is 0 Å². The molecule has 0 spiro atoms. The molecule has 208 valence electrons. The lowest BCUT2D eigenvalue weighted by Crippen LogP contribution is -2.58. The van der Waals surface area contributed by atoms with E-state index in [9.17, 15) is 22.0 Å². The molecule has 0 saturated carbocycles. The number of aromatic nitrogens is 1. The summed E-state index contributed by atoms with van der Waals surface area (Å²) in [5.74, 6) is -1.61. The van der Waals surface area contributed by atoms with Gasteiger partial charge in [-0.15, -0.1) is 0 Å². The number of fused-ring (bicyclic) bond motifs is 1. The number of sulfonamides is 1. The molecule has 40 heavy (non-hydrogen) atoms. The van der Waals surface area contributed by atoms with E-state index in [0.29, 0.717) is 47.5 Å². The number of carbonyl (C=O) groups is 1. The summed E-state index contributed by atoms with van der Waals surface area (Å²) in [6, 6.07) is 18.7. The fourth-order valence-corrected chi connectivity index (χ4v) is 6.67. The minimum atomic E-state index is -3.73. The average molecular weight is 565 g/mol. The minimum absolute atomic E-state index is 0.137. The van der Waals surface area contributed by atoms with E-state index in [1.165, 1.54) is 12.1 Å². The van der Waals surface area contributed by atoms with Crippen LogP contribution in [0.5, 0.6) is 0 Å². The number of benzene rings is 3. The molecule has 2 atom stereocenters. The second-order valence-corrected chi connectivity index (χ2v) is 12.0. The van der Waals surface area contributed by atoms with Crippen molar-refractivity contribution in [3.63, 3.8) is 0 Å². The van der Waals surface area contributed by atoms with Gasteiger partial charge in [-0.3, -0.25) is 19.4 Å². The number of nitrogens with zero attached hydrogens (tertiary/aromatic N) is 3. The van der Waals surface area contributed by atoms with E-state index in [0.717, 1.165) is 11.5 Å². The van der Waals surface area contributed by atoms with Crippen molar-refractivity contribution in [3.8, 4) is 0 Å². The predicted molar refractivity (Wildman–Crippen MR) is 151 cm³/mol. The van der Waals surface area contributed by atoms with Crippen LogP contribution in [0.4, 0.5) is 14.5 Å². The van der Waals surface area contributed by atoms with Crippen molar-refractivity contribution in [1.29, 1.82) is 0 Å². The minimum Gasteiger partial charge on any atom is -0.331 e. The molecule has 1 aromatic heterocycles. The summed E-state index contributed by atoms with van der Waals surface area (Å²) < 4.78 is 55.6. The van der Waals surface area contributed by atoms with E-state index in [1.807, 2.05) is 26.0 Å². The Balaban J connectivity index is 1.23. The highest BCUT2D eigenvalue weighted by Crippen LogP contribution is 2.23. The van der Waals surface area contributed by atoms with E-state index in [4.69, 9.17) is 0 Å². The van der Waals surface area contributed by atoms with Crippen molar-refractivity contribution >= 4 is 32.5 Å². The molecule has 0 radical (unpaired) electrons. The Hall–Kier alpha value is -3.89. The number of pyridine rings is 1. The first-order valence-corrected chi connectivity index (χ1v) is 14.7. The summed E-state index contributed by atoms with van der Waals surface area (Å²) in [5.41, 5.74) is 2.59. The standard InChI is InChI=1S/C30H30F2N4O3S/c1-20-16-35(18-22-13-26(31)15-27(32)14-22)17-21(2)36(20)30(37)24-8-10-28(11-9-24)34-40(38,39)19-25-6-3-5-23-7-4-12-33-29(23)25/h3-15,20-21,34H,16-19H2,1-2H3. The van der Waals surface area contributed by atoms with Crippen molar-refractivity contribution in [2.75, 3.05) is 17.8 Å². The van der Waals surface area contributed by atoms with Gasteiger partial charge in [0.05, 0.1) is 11.3 Å². The highest BCUT2D eigenvalue weighted by molar-refractivity contribution is 7.91. The molecule has 2 heterocycles. The Bertz CT molecular complexity index is 1610. The van der Waals surface area contributed by atoms with Gasteiger partial charge in [0.1, 0.15) is 11.6 Å². The first kappa shape index (κ1) is 27.7. The number of anilines is 1. The molecule has 0 bridgehead atoms. The molecule has 3 aromatic carbocycles. The summed E-state index contributed by atoms with van der Waals surface area (Å²) in [5, 5.41) is 0.866. The fraction of sp³-hybridized carbons (Fsp3) is 0.267. The maximum atomic E-state index is 13.6. The van der Waals surface area contributed by atoms with Crippen LogP contribution < -0.4 is 4.72 Å². The molecule has 1 N–H and O–H groups in total. The smallest absolute Gasteiger partial charge is 0.254 e. The Morgan fingerprint density at radius 3 is 2.27 bits per heavy atom. The largest absolute Gasteiger partial charge is 0.331 e. The summed E-state index contributed by atoms with van der Waals surface area (Å²) >= 11 is 0. The van der Waals surface area contributed by atoms with Gasteiger partial charge in [-0.2, -0.15) is 0 Å². The van der Waals surface area contributed by atoms with E-state index < -0.39 is 21.7 Å². The second-order valence-electron chi connectivity index (χ2n) is 10.3. The van der Waals surface area contributed by atoms with Gasteiger partial charge in [0.25, 0.3) is 5.91 Å². The van der Waals surface area contributed by atoms with Crippen LogP contribution in [0.15, 0.2) is 79.0 Å². The van der Waals surface area contributed by atoms with Gasteiger partial charge in [-0.25, -0.2) is 17.2 Å². The number of piperazine rings is 1. The van der Waals surface area contributed by atoms with Gasteiger partial charge >= 0.3 is 0 Å². The van der Waals surface area contributed by atoms with Crippen molar-refractivity contribution in [3.05, 3.63) is 107 Å². The van der Waals surface area contributed by atoms with Crippen molar-refractivity contribution in [2.45, 2.75) is 38.2 Å². The molecule has 1 aliphatic heterocycles. The Kier molecular flexibility index (Phi) is 7.82. The summed E-state index contributed by atoms with van der Waals surface area (Å²) in [4.78, 5) is 21.6. The summed E-state index contributed by atoms with van der Waals surface area (Å²) in [6.45, 7) is 5.37. The number of amides is 1. The van der Waals surface area contributed by atoms with E-state index >= 15 is 0 Å². The number of para-hydroxylation sites is 1. The molecule has 1 fully saturated rings. The normalized spacial score (nSPS) is 18.1. The van der Waals surface area contributed by atoms with Crippen molar-refractivity contribution in [2.24, 2.45) is 0 Å². The maximum absolute atomic E-state index is 13.6. The third-order valence-electron chi connectivity index (χ3n) is 7.02. The second kappa shape index (κ2) is 11.3. The first-order valence-electron chi connectivity index (χ1n) is 13.0. The van der Waals surface area contributed by atoms with Gasteiger partial charge in [0.15, 0.2) is 0 Å². The van der Waals surface area contributed by atoms with Crippen LogP contribution in [0.25, 0.3) is 10.9 Å². The number of carbonyl (C=O) groups excluding carboxylic acids is 1. The van der Waals surface area contributed by atoms with E-state index in [-0.39, 0.29) is 23.7 Å². The van der Waals surface area contributed by atoms with Gasteiger partial charge in [0, 0.05) is 60.6 Å². The van der Waals surface area contributed by atoms with Crippen molar-refractivity contribution in [1.82, 2.24) is 14.8 Å². The van der Waals surface area contributed by atoms with Gasteiger partial charge in [-0.1, -0.05) is 24.3 Å². The summed E-state index contributed by atoms with van der Waals surface area (Å²) in [6.07, 6.45) is 1.63. The average Bonchev–Trinajstić information content (AvgIpc) is 2.88. The van der Waals surface area contributed by atoms with Crippen LogP contribution in [0.3, 0.4) is 0 Å². The molecule has 4 aromatic rings. The molecule has 10 heteroatoms. The molecule has 7 nitrogen and oxygen atoms in total. The Morgan fingerprint density at radius 1 is 0.950 bits per heavy atom. The number of nitrogens with one attached hydrogen (secondary N) is 1. The number of hydrogen-bond donors (Lipinski definition) is 1. The highest BCUT2D eigenvalue weighted by atomic mass is 32.2. The number of hydrogen-bond acceptors (Lipinski definition) is 5. The zero-order chi connectivity index (χ0) is 28.4. The van der Waals surface area contributed by atoms with Crippen molar-refractivity contribution < 1.29 is 22.0 Å². The maximum Gasteiger partial charge on any atom is 0.254 e. The molecule has 1 saturated heterocycles. The first-order chi connectivity index (χ1) is 19.1. The number of halogens is 2. The Morgan fingerprint density at radius 2 is 1.60 bits per heavy atom. The van der Waals surface area contributed by atoms with E-state index in [2.05, 4.69) is 14.6 Å². The zero-order valence-electron chi connectivity index (χ0n) is 22.2. The molecule has 1 aliphatic rings. The molecule has 0 aliphatic carbocycles. The Labute approximate surface area is 232 Å². The monoisotopic (exact) mass is 564 g/mol. The molecule has 1 amide bonds. The number of rotatable bonds is 7. The lowest BCUT2D eigenvalue weighted by molar-refractivity contribution is 0.0268. The van der Waals surface area contributed by atoms with Crippen LogP contribution in [0, 0.1) is 11.6 Å². The lowest BCUT2D eigenvalue weighted by atomic mass is 10.0. The highest BCUT2D eigenvalue weighted by Gasteiger charge is 2.33. The topological polar surface area (TPSA) is 82.6 Å². The molecule has 5 rings (SSSR count). The third-order valence-corrected chi connectivity index (χ3v) is 8.26. The molecular formula is C30H30F2N4O3S.